The number of hydrogen-bond donors (Lipinski definition) is 2. The van der Waals surface area contributed by atoms with Crippen molar-refractivity contribution < 1.29 is 9.18 Å². The van der Waals surface area contributed by atoms with Gasteiger partial charge in [-0.25, -0.2) is 9.07 Å². The topological polar surface area (TPSA) is 88.5 Å². The fourth-order valence-electron chi connectivity index (χ4n) is 3.00. The van der Waals surface area contributed by atoms with Gasteiger partial charge in [-0.1, -0.05) is 6.07 Å². The van der Waals surface area contributed by atoms with Crippen molar-refractivity contribution in [1.29, 1.82) is 0 Å². The van der Waals surface area contributed by atoms with Gasteiger partial charge in [-0.3, -0.25) is 15.2 Å². The van der Waals surface area contributed by atoms with E-state index in [-0.39, 0.29) is 17.7 Å². The van der Waals surface area contributed by atoms with E-state index >= 15 is 0 Å². The van der Waals surface area contributed by atoms with Crippen molar-refractivity contribution in [2.24, 2.45) is 0 Å². The average molecular weight is 326 g/mol. The summed E-state index contributed by atoms with van der Waals surface area (Å²) in [4.78, 5) is 16.6. The first-order valence-corrected chi connectivity index (χ1v) is 7.69. The van der Waals surface area contributed by atoms with Crippen LogP contribution in [0.15, 0.2) is 24.3 Å². The fourth-order valence-corrected chi connectivity index (χ4v) is 3.00. The summed E-state index contributed by atoms with van der Waals surface area (Å²) in [5.41, 5.74) is 2.82. The highest BCUT2D eigenvalue weighted by Gasteiger charge is 2.27. The molecule has 1 aromatic carbocycles. The lowest BCUT2D eigenvalue weighted by molar-refractivity contribution is 0.102. The van der Waals surface area contributed by atoms with Gasteiger partial charge in [0.2, 0.25) is 5.95 Å². The van der Waals surface area contributed by atoms with Crippen LogP contribution < -0.4 is 5.32 Å². The molecular weight excluding hydrogens is 311 g/mol. The Morgan fingerprint density at radius 2 is 2.25 bits per heavy atom. The molecule has 1 amide bonds. The van der Waals surface area contributed by atoms with Crippen molar-refractivity contribution >= 4 is 11.9 Å². The Labute approximate surface area is 136 Å². The number of aromatic nitrogens is 5. The third-order valence-electron chi connectivity index (χ3n) is 4.02. The highest BCUT2D eigenvalue weighted by Crippen LogP contribution is 2.28. The number of carbonyl (C=O) groups excluding carboxylic acids is 1. The molecule has 7 nitrogen and oxygen atoms in total. The molecule has 0 unspecified atom stereocenters. The number of carbonyl (C=O) groups is 1. The average Bonchev–Trinajstić information content (AvgIpc) is 3.23. The summed E-state index contributed by atoms with van der Waals surface area (Å²) in [6.45, 7) is 1.75. The molecule has 122 valence electrons. The number of nitrogens with one attached hydrogen (secondary N) is 2. The van der Waals surface area contributed by atoms with Crippen LogP contribution in [-0.4, -0.2) is 30.9 Å². The van der Waals surface area contributed by atoms with E-state index in [0.29, 0.717) is 17.2 Å². The maximum absolute atomic E-state index is 13.5. The lowest BCUT2D eigenvalue weighted by Crippen LogP contribution is -2.16. The third-order valence-corrected chi connectivity index (χ3v) is 4.02. The second-order valence-electron chi connectivity index (χ2n) is 5.72. The summed E-state index contributed by atoms with van der Waals surface area (Å²) in [7, 11) is 0. The highest BCUT2D eigenvalue weighted by atomic mass is 19.1. The standard InChI is InChI=1S/C16H15FN6O/c1-9-18-16(21-20-9)19-15(24)14-12-6-3-7-13(12)23(22-14)11-5-2-4-10(17)8-11/h2,4-5,8H,3,6-7H2,1H3,(H2,18,19,20,21,24). The molecule has 3 aromatic rings. The van der Waals surface area contributed by atoms with Gasteiger partial charge < -0.3 is 0 Å². The van der Waals surface area contributed by atoms with Crippen molar-refractivity contribution in [3.05, 3.63) is 52.9 Å². The van der Waals surface area contributed by atoms with Gasteiger partial charge >= 0.3 is 0 Å². The lowest BCUT2D eigenvalue weighted by atomic mass is 10.2. The van der Waals surface area contributed by atoms with Crippen LogP contribution in [0.5, 0.6) is 0 Å². The minimum atomic E-state index is -0.359. The molecule has 2 N–H and O–H groups in total. The Balaban J connectivity index is 1.72. The van der Waals surface area contributed by atoms with Crippen LogP contribution in [0.2, 0.25) is 0 Å². The summed E-state index contributed by atoms with van der Waals surface area (Å²) >= 11 is 0. The molecule has 0 saturated carbocycles. The minimum Gasteiger partial charge on any atom is -0.288 e. The number of aromatic amines is 1. The molecule has 2 heterocycles. The molecule has 1 aliphatic rings. The molecule has 4 rings (SSSR count). The molecule has 0 radical (unpaired) electrons. The fraction of sp³-hybridized carbons (Fsp3) is 0.250. The van der Waals surface area contributed by atoms with E-state index in [0.717, 1.165) is 30.5 Å². The van der Waals surface area contributed by atoms with Crippen LogP contribution in [0.25, 0.3) is 5.69 Å². The van der Waals surface area contributed by atoms with E-state index in [1.165, 1.54) is 12.1 Å². The zero-order valence-electron chi connectivity index (χ0n) is 13.0. The van der Waals surface area contributed by atoms with Crippen molar-refractivity contribution in [1.82, 2.24) is 25.0 Å². The maximum atomic E-state index is 13.5. The molecule has 8 heteroatoms. The molecule has 0 spiro atoms. The molecule has 0 bridgehead atoms. The van der Waals surface area contributed by atoms with Gasteiger partial charge in [-0.2, -0.15) is 10.1 Å². The Morgan fingerprint density at radius 1 is 1.38 bits per heavy atom. The second kappa shape index (κ2) is 5.55. The molecule has 0 fully saturated rings. The van der Waals surface area contributed by atoms with E-state index in [9.17, 15) is 9.18 Å². The van der Waals surface area contributed by atoms with Crippen molar-refractivity contribution in [3.8, 4) is 5.69 Å². The van der Waals surface area contributed by atoms with Gasteiger partial charge in [0.1, 0.15) is 11.6 Å². The van der Waals surface area contributed by atoms with Gasteiger partial charge in [0.25, 0.3) is 5.91 Å². The molecule has 0 aliphatic heterocycles. The number of hydrogen-bond acceptors (Lipinski definition) is 4. The zero-order valence-corrected chi connectivity index (χ0v) is 13.0. The maximum Gasteiger partial charge on any atom is 0.278 e. The van der Waals surface area contributed by atoms with Gasteiger partial charge in [0.05, 0.1) is 5.69 Å². The van der Waals surface area contributed by atoms with Gasteiger partial charge in [-0.15, -0.1) is 5.10 Å². The Bertz CT molecular complexity index is 929. The first-order valence-electron chi connectivity index (χ1n) is 7.69. The zero-order chi connectivity index (χ0) is 16.7. The van der Waals surface area contributed by atoms with Crippen LogP contribution in [0, 0.1) is 12.7 Å². The van der Waals surface area contributed by atoms with Gasteiger partial charge in [0, 0.05) is 11.3 Å². The van der Waals surface area contributed by atoms with Gasteiger partial charge in [-0.05, 0) is 44.4 Å². The van der Waals surface area contributed by atoms with E-state index < -0.39 is 0 Å². The third kappa shape index (κ3) is 2.45. The second-order valence-corrected chi connectivity index (χ2v) is 5.72. The number of aryl methyl sites for hydroxylation is 1. The molecular formula is C16H15FN6O. The Morgan fingerprint density at radius 3 is 3.00 bits per heavy atom. The van der Waals surface area contributed by atoms with Crippen molar-refractivity contribution in [2.75, 3.05) is 5.32 Å². The number of rotatable bonds is 3. The van der Waals surface area contributed by atoms with Crippen molar-refractivity contribution in [3.63, 3.8) is 0 Å². The molecule has 0 saturated heterocycles. The van der Waals surface area contributed by atoms with Crippen LogP contribution in [0.4, 0.5) is 10.3 Å². The number of H-pyrrole nitrogens is 1. The van der Waals surface area contributed by atoms with E-state index in [2.05, 4.69) is 25.6 Å². The van der Waals surface area contributed by atoms with Crippen molar-refractivity contribution in [2.45, 2.75) is 26.2 Å². The predicted octanol–water partition coefficient (Wildman–Crippen LogP) is 2.18. The summed E-state index contributed by atoms with van der Waals surface area (Å²) in [6, 6.07) is 6.19. The molecule has 0 atom stereocenters. The lowest BCUT2D eigenvalue weighted by Gasteiger charge is -2.05. The molecule has 24 heavy (non-hydrogen) atoms. The largest absolute Gasteiger partial charge is 0.288 e. The normalized spacial score (nSPS) is 13.1. The number of halogens is 1. The number of fused-ring (bicyclic) bond motifs is 1. The first kappa shape index (κ1) is 14.6. The number of benzene rings is 1. The Kier molecular flexibility index (Phi) is 3.37. The molecule has 2 aromatic heterocycles. The van der Waals surface area contributed by atoms with Gasteiger partial charge in [0.15, 0.2) is 5.69 Å². The van der Waals surface area contributed by atoms with Crippen LogP contribution >= 0.6 is 0 Å². The number of amides is 1. The molecule has 1 aliphatic carbocycles. The number of nitrogens with zero attached hydrogens (tertiary/aromatic N) is 4. The summed E-state index contributed by atoms with van der Waals surface area (Å²) < 4.78 is 15.2. The quantitative estimate of drug-likeness (QED) is 0.772. The monoisotopic (exact) mass is 326 g/mol. The predicted molar refractivity (Wildman–Crippen MR) is 84.6 cm³/mol. The first-order chi connectivity index (χ1) is 11.6. The smallest absolute Gasteiger partial charge is 0.278 e. The summed E-state index contributed by atoms with van der Waals surface area (Å²) in [5, 5.41) is 13.6. The van der Waals surface area contributed by atoms with Crippen LogP contribution in [-0.2, 0) is 12.8 Å². The minimum absolute atomic E-state index is 0.213. The summed E-state index contributed by atoms with van der Waals surface area (Å²) in [5.74, 6) is 0.129. The number of anilines is 1. The van der Waals surface area contributed by atoms with E-state index in [1.54, 1.807) is 23.7 Å². The summed E-state index contributed by atoms with van der Waals surface area (Å²) in [6.07, 6.45) is 2.54. The van der Waals surface area contributed by atoms with E-state index in [1.807, 2.05) is 0 Å². The van der Waals surface area contributed by atoms with Crippen LogP contribution in [0.1, 0.15) is 34.0 Å². The SMILES string of the molecule is Cc1nc(NC(=O)c2nn(-c3cccc(F)c3)c3c2CCC3)n[nH]1. The Hall–Kier alpha value is -3.03. The highest BCUT2D eigenvalue weighted by molar-refractivity contribution is 6.03. The van der Waals surface area contributed by atoms with Crippen LogP contribution in [0.3, 0.4) is 0 Å². The van der Waals surface area contributed by atoms with E-state index in [4.69, 9.17) is 0 Å².